The van der Waals surface area contributed by atoms with Crippen LogP contribution in [0.3, 0.4) is 0 Å². The molecule has 0 aliphatic rings. The maximum atomic E-state index is 12.3. The van der Waals surface area contributed by atoms with Crippen LogP contribution in [0.2, 0.25) is 0 Å². The Hall–Kier alpha value is -2.80. The van der Waals surface area contributed by atoms with Crippen molar-refractivity contribution < 1.29 is 18.7 Å². The average molecular weight is 330 g/mol. The number of thiazole rings is 1. The number of methoxy groups -OCH3 is 2. The van der Waals surface area contributed by atoms with Crippen molar-refractivity contribution in [3.05, 3.63) is 47.7 Å². The number of ether oxygens (including phenoxy) is 2. The van der Waals surface area contributed by atoms with Crippen LogP contribution < -0.4 is 14.8 Å². The Morgan fingerprint density at radius 2 is 2.13 bits per heavy atom. The SMILES string of the molecule is COc1ccc(NC(=O)c2csc(-c3ccco3)n2)c(OC)c1. The molecule has 2 heterocycles. The van der Waals surface area contributed by atoms with Gasteiger partial charge in [-0.2, -0.15) is 0 Å². The van der Waals surface area contributed by atoms with Gasteiger partial charge in [0.15, 0.2) is 10.8 Å². The van der Waals surface area contributed by atoms with Crippen molar-refractivity contribution in [2.75, 3.05) is 19.5 Å². The number of hydrogen-bond donors (Lipinski definition) is 1. The monoisotopic (exact) mass is 330 g/mol. The predicted molar refractivity (Wildman–Crippen MR) is 87.3 cm³/mol. The van der Waals surface area contributed by atoms with Crippen molar-refractivity contribution in [3.63, 3.8) is 0 Å². The van der Waals surface area contributed by atoms with Crippen molar-refractivity contribution in [1.82, 2.24) is 4.98 Å². The maximum absolute atomic E-state index is 12.3. The lowest BCUT2D eigenvalue weighted by Gasteiger charge is -2.10. The number of nitrogens with zero attached hydrogens (tertiary/aromatic N) is 1. The van der Waals surface area contributed by atoms with Gasteiger partial charge in [0.2, 0.25) is 0 Å². The molecule has 1 aromatic carbocycles. The molecule has 0 radical (unpaired) electrons. The first-order chi connectivity index (χ1) is 11.2. The normalized spacial score (nSPS) is 10.3. The van der Waals surface area contributed by atoms with E-state index < -0.39 is 0 Å². The quantitative estimate of drug-likeness (QED) is 0.772. The first kappa shape index (κ1) is 15.1. The number of aromatic nitrogens is 1. The predicted octanol–water partition coefficient (Wildman–Crippen LogP) is 3.67. The smallest absolute Gasteiger partial charge is 0.275 e. The molecule has 0 saturated heterocycles. The van der Waals surface area contributed by atoms with E-state index in [1.165, 1.54) is 18.4 Å². The third-order valence-electron chi connectivity index (χ3n) is 3.13. The molecule has 0 atom stereocenters. The topological polar surface area (TPSA) is 73.6 Å². The lowest BCUT2D eigenvalue weighted by molar-refractivity contribution is 0.102. The molecule has 23 heavy (non-hydrogen) atoms. The van der Waals surface area contributed by atoms with Crippen molar-refractivity contribution in [2.24, 2.45) is 0 Å². The number of anilines is 1. The molecule has 3 aromatic rings. The van der Waals surface area contributed by atoms with Crippen LogP contribution in [0.5, 0.6) is 11.5 Å². The van der Waals surface area contributed by atoms with Crippen LogP contribution in [0.25, 0.3) is 10.8 Å². The van der Waals surface area contributed by atoms with E-state index in [1.807, 2.05) is 0 Å². The molecule has 2 aromatic heterocycles. The molecule has 0 aliphatic heterocycles. The second-order valence-electron chi connectivity index (χ2n) is 4.54. The van der Waals surface area contributed by atoms with Gasteiger partial charge in [-0.1, -0.05) is 0 Å². The molecular weight excluding hydrogens is 316 g/mol. The zero-order valence-electron chi connectivity index (χ0n) is 12.5. The van der Waals surface area contributed by atoms with Gasteiger partial charge in [-0.15, -0.1) is 11.3 Å². The minimum Gasteiger partial charge on any atom is -0.497 e. The van der Waals surface area contributed by atoms with Gasteiger partial charge < -0.3 is 19.2 Å². The van der Waals surface area contributed by atoms with E-state index in [0.717, 1.165) is 0 Å². The molecule has 1 amide bonds. The summed E-state index contributed by atoms with van der Waals surface area (Å²) in [6.07, 6.45) is 1.57. The van der Waals surface area contributed by atoms with Gasteiger partial charge in [0.25, 0.3) is 5.91 Å². The van der Waals surface area contributed by atoms with E-state index >= 15 is 0 Å². The number of carbonyl (C=O) groups excluding carboxylic acids is 1. The van der Waals surface area contributed by atoms with Gasteiger partial charge in [-0.05, 0) is 24.3 Å². The molecule has 6 nitrogen and oxygen atoms in total. The van der Waals surface area contributed by atoms with Crippen LogP contribution in [0.4, 0.5) is 5.69 Å². The largest absolute Gasteiger partial charge is 0.497 e. The molecule has 3 rings (SSSR count). The molecule has 0 unspecified atom stereocenters. The van der Waals surface area contributed by atoms with Gasteiger partial charge in [-0.25, -0.2) is 4.98 Å². The molecule has 0 saturated carbocycles. The van der Waals surface area contributed by atoms with Gasteiger partial charge in [0, 0.05) is 11.4 Å². The molecule has 0 aliphatic carbocycles. The number of amides is 1. The summed E-state index contributed by atoms with van der Waals surface area (Å²) in [5, 5.41) is 5.12. The first-order valence-corrected chi connectivity index (χ1v) is 7.62. The highest BCUT2D eigenvalue weighted by Gasteiger charge is 2.15. The maximum Gasteiger partial charge on any atom is 0.275 e. The van der Waals surface area contributed by atoms with Crippen molar-refractivity contribution in [2.45, 2.75) is 0 Å². The van der Waals surface area contributed by atoms with Crippen molar-refractivity contribution >= 4 is 22.9 Å². The summed E-state index contributed by atoms with van der Waals surface area (Å²) in [6.45, 7) is 0. The lowest BCUT2D eigenvalue weighted by Crippen LogP contribution is -2.13. The Balaban J connectivity index is 1.79. The first-order valence-electron chi connectivity index (χ1n) is 6.74. The fourth-order valence-corrected chi connectivity index (χ4v) is 2.75. The number of nitrogens with one attached hydrogen (secondary N) is 1. The van der Waals surface area contributed by atoms with Gasteiger partial charge in [-0.3, -0.25) is 4.79 Å². The number of furan rings is 1. The summed E-state index contributed by atoms with van der Waals surface area (Å²) in [5.41, 5.74) is 0.866. The zero-order valence-corrected chi connectivity index (χ0v) is 13.3. The van der Waals surface area contributed by atoms with Crippen LogP contribution in [-0.4, -0.2) is 25.1 Å². The Morgan fingerprint density at radius 1 is 1.26 bits per heavy atom. The van der Waals surface area contributed by atoms with Crippen LogP contribution in [0.15, 0.2) is 46.4 Å². The number of rotatable bonds is 5. The van der Waals surface area contributed by atoms with Crippen LogP contribution in [0, 0.1) is 0 Å². The Kier molecular flexibility index (Phi) is 4.29. The average Bonchev–Trinajstić information content (AvgIpc) is 3.26. The highest BCUT2D eigenvalue weighted by Crippen LogP contribution is 2.30. The number of hydrogen-bond acceptors (Lipinski definition) is 6. The van der Waals surface area contributed by atoms with Crippen molar-refractivity contribution in [1.29, 1.82) is 0 Å². The summed E-state index contributed by atoms with van der Waals surface area (Å²) in [6, 6.07) is 8.74. The molecule has 0 spiro atoms. The van der Waals surface area contributed by atoms with Crippen LogP contribution in [0.1, 0.15) is 10.5 Å². The van der Waals surface area contributed by atoms with Gasteiger partial charge >= 0.3 is 0 Å². The zero-order chi connectivity index (χ0) is 16.2. The Labute approximate surface area is 136 Å². The highest BCUT2D eigenvalue weighted by molar-refractivity contribution is 7.13. The lowest BCUT2D eigenvalue weighted by atomic mass is 10.2. The van der Waals surface area contributed by atoms with Gasteiger partial charge in [0.1, 0.15) is 17.2 Å². The standard InChI is InChI=1S/C16H14N2O4S/c1-20-10-5-6-11(14(8-10)21-2)17-15(19)12-9-23-16(18-12)13-4-3-7-22-13/h3-9H,1-2H3,(H,17,19). The fraction of sp³-hybridized carbons (Fsp3) is 0.125. The molecule has 1 N–H and O–H groups in total. The highest BCUT2D eigenvalue weighted by atomic mass is 32.1. The minimum absolute atomic E-state index is 0.317. The van der Waals surface area contributed by atoms with E-state index in [1.54, 1.807) is 49.1 Å². The van der Waals surface area contributed by atoms with E-state index in [-0.39, 0.29) is 5.91 Å². The Morgan fingerprint density at radius 3 is 2.83 bits per heavy atom. The molecule has 0 bridgehead atoms. The third-order valence-corrected chi connectivity index (χ3v) is 3.98. The molecule has 118 valence electrons. The second-order valence-corrected chi connectivity index (χ2v) is 5.39. The fourth-order valence-electron chi connectivity index (χ4n) is 1.98. The molecule has 0 fully saturated rings. The summed E-state index contributed by atoms with van der Waals surface area (Å²) in [7, 11) is 3.10. The second kappa shape index (κ2) is 6.53. The van der Waals surface area contributed by atoms with E-state index in [9.17, 15) is 4.79 Å². The summed E-state index contributed by atoms with van der Waals surface area (Å²) >= 11 is 1.35. The van der Waals surface area contributed by atoms with E-state index in [4.69, 9.17) is 13.9 Å². The van der Waals surface area contributed by atoms with Crippen molar-refractivity contribution in [3.8, 4) is 22.3 Å². The minimum atomic E-state index is -0.317. The molecular formula is C16H14N2O4S. The Bertz CT molecular complexity index is 811. The summed E-state index contributed by atoms with van der Waals surface area (Å²) in [4.78, 5) is 16.6. The summed E-state index contributed by atoms with van der Waals surface area (Å²) < 4.78 is 15.7. The summed E-state index contributed by atoms with van der Waals surface area (Å²) in [5.74, 6) is 1.48. The van der Waals surface area contributed by atoms with E-state index in [0.29, 0.717) is 33.6 Å². The molecule has 7 heteroatoms. The van der Waals surface area contributed by atoms with Crippen LogP contribution in [-0.2, 0) is 0 Å². The van der Waals surface area contributed by atoms with Gasteiger partial charge in [0.05, 0.1) is 26.2 Å². The number of carbonyl (C=O) groups is 1. The van der Waals surface area contributed by atoms with E-state index in [2.05, 4.69) is 10.3 Å². The third kappa shape index (κ3) is 3.19. The van der Waals surface area contributed by atoms with Crippen LogP contribution >= 0.6 is 11.3 Å². The number of benzene rings is 1.